The fourth-order valence-corrected chi connectivity index (χ4v) is 3.10. The molecule has 1 N–H and O–H groups in total. The van der Waals surface area contributed by atoms with Gasteiger partial charge in [-0.05, 0) is 35.9 Å². The summed E-state index contributed by atoms with van der Waals surface area (Å²) in [5.74, 6) is -0.194. The Labute approximate surface area is 160 Å². The number of benzene rings is 1. The number of nitrogens with zero attached hydrogens (tertiary/aromatic N) is 4. The Morgan fingerprint density at radius 1 is 1.19 bits per heavy atom. The second-order valence-corrected chi connectivity index (χ2v) is 6.55. The lowest BCUT2D eigenvalue weighted by molar-refractivity contribution is 0.0952. The molecule has 0 aliphatic heterocycles. The van der Waals surface area contributed by atoms with E-state index in [4.69, 9.17) is 11.6 Å². The molecule has 0 radical (unpaired) electrons. The van der Waals surface area contributed by atoms with Crippen molar-refractivity contribution in [1.29, 1.82) is 0 Å². The highest BCUT2D eigenvalue weighted by Gasteiger charge is 2.16. The average Bonchev–Trinajstić information content (AvgIpc) is 3.07. The number of carbonyl (C=O) groups is 1. The number of aromatic nitrogens is 4. The zero-order valence-corrected chi connectivity index (χ0v) is 15.3. The van der Waals surface area contributed by atoms with Gasteiger partial charge in [0.25, 0.3) is 5.91 Å². The third kappa shape index (κ3) is 3.52. The summed E-state index contributed by atoms with van der Waals surface area (Å²) >= 11 is 6.01. The maximum atomic E-state index is 12.9. The third-order valence-corrected chi connectivity index (χ3v) is 4.48. The molecule has 1 amide bonds. The van der Waals surface area contributed by atoms with Gasteiger partial charge >= 0.3 is 0 Å². The lowest BCUT2D eigenvalue weighted by atomic mass is 10.1. The van der Waals surface area contributed by atoms with Gasteiger partial charge in [-0.15, -0.1) is 0 Å². The first kappa shape index (κ1) is 17.2. The predicted molar refractivity (Wildman–Crippen MR) is 104 cm³/mol. The first-order chi connectivity index (χ1) is 13.1. The summed E-state index contributed by atoms with van der Waals surface area (Å²) in [7, 11) is 1.80. The Balaban J connectivity index is 1.70. The van der Waals surface area contributed by atoms with Crippen molar-refractivity contribution < 1.29 is 4.79 Å². The molecule has 0 fully saturated rings. The van der Waals surface area contributed by atoms with Gasteiger partial charge in [0.05, 0.1) is 22.8 Å². The zero-order valence-electron chi connectivity index (χ0n) is 14.6. The van der Waals surface area contributed by atoms with E-state index in [0.717, 1.165) is 11.1 Å². The molecule has 0 spiro atoms. The molecule has 6 nitrogen and oxygen atoms in total. The predicted octanol–water partition coefficient (Wildman–Crippen LogP) is 3.61. The molecule has 1 aromatic carbocycles. The third-order valence-electron chi connectivity index (χ3n) is 4.25. The van der Waals surface area contributed by atoms with Gasteiger partial charge in [-0.2, -0.15) is 5.10 Å². The van der Waals surface area contributed by atoms with Crippen molar-refractivity contribution in [2.75, 3.05) is 0 Å². The van der Waals surface area contributed by atoms with Gasteiger partial charge in [0.15, 0.2) is 5.65 Å². The number of carbonyl (C=O) groups excluding carboxylic acids is 1. The number of aryl methyl sites for hydroxylation is 1. The molecule has 7 heteroatoms. The van der Waals surface area contributed by atoms with Crippen LogP contribution < -0.4 is 5.32 Å². The molecule has 0 atom stereocenters. The van der Waals surface area contributed by atoms with Crippen LogP contribution >= 0.6 is 11.6 Å². The van der Waals surface area contributed by atoms with Gasteiger partial charge in [0.1, 0.15) is 0 Å². The van der Waals surface area contributed by atoms with Gasteiger partial charge < -0.3 is 5.32 Å². The number of rotatable bonds is 4. The molecule has 0 unspecified atom stereocenters. The van der Waals surface area contributed by atoms with Crippen LogP contribution in [-0.4, -0.2) is 25.7 Å². The highest BCUT2D eigenvalue weighted by atomic mass is 35.5. The molecule has 3 aromatic heterocycles. The van der Waals surface area contributed by atoms with Crippen molar-refractivity contribution in [3.8, 4) is 11.3 Å². The highest BCUT2D eigenvalue weighted by molar-refractivity contribution is 6.30. The van der Waals surface area contributed by atoms with Crippen molar-refractivity contribution in [1.82, 2.24) is 25.1 Å². The van der Waals surface area contributed by atoms with Crippen LogP contribution in [0.2, 0.25) is 5.02 Å². The molecule has 4 aromatic rings. The van der Waals surface area contributed by atoms with Gasteiger partial charge in [-0.3, -0.25) is 14.5 Å². The summed E-state index contributed by atoms with van der Waals surface area (Å²) in [5, 5.41) is 8.53. The summed E-state index contributed by atoms with van der Waals surface area (Å²) in [6.07, 6.45) is 5.08. The normalized spacial score (nSPS) is 10.9. The average molecular weight is 378 g/mol. The summed E-state index contributed by atoms with van der Waals surface area (Å²) in [6, 6.07) is 12.9. The molecule has 0 bridgehead atoms. The van der Waals surface area contributed by atoms with E-state index in [0.29, 0.717) is 33.9 Å². The van der Waals surface area contributed by atoms with E-state index in [-0.39, 0.29) is 5.91 Å². The second kappa shape index (κ2) is 7.17. The Kier molecular flexibility index (Phi) is 4.56. The fourth-order valence-electron chi connectivity index (χ4n) is 2.89. The minimum atomic E-state index is -0.194. The maximum Gasteiger partial charge on any atom is 0.252 e. The largest absolute Gasteiger partial charge is 0.348 e. The second-order valence-electron chi connectivity index (χ2n) is 6.11. The Morgan fingerprint density at radius 3 is 2.85 bits per heavy atom. The van der Waals surface area contributed by atoms with Crippen LogP contribution in [0, 0.1) is 0 Å². The van der Waals surface area contributed by atoms with Crippen molar-refractivity contribution in [2.45, 2.75) is 6.54 Å². The van der Waals surface area contributed by atoms with E-state index in [1.807, 2.05) is 30.3 Å². The first-order valence-electron chi connectivity index (χ1n) is 8.37. The smallest absolute Gasteiger partial charge is 0.252 e. The van der Waals surface area contributed by atoms with Crippen LogP contribution in [0.15, 0.2) is 61.1 Å². The fraction of sp³-hybridized carbons (Fsp3) is 0.100. The van der Waals surface area contributed by atoms with Crippen LogP contribution in [0.1, 0.15) is 15.9 Å². The number of hydrogen-bond acceptors (Lipinski definition) is 4. The molecule has 3 heterocycles. The molecular weight excluding hydrogens is 362 g/mol. The highest BCUT2D eigenvalue weighted by Crippen LogP contribution is 2.24. The maximum absolute atomic E-state index is 12.9. The van der Waals surface area contributed by atoms with Crippen LogP contribution in [-0.2, 0) is 13.6 Å². The minimum Gasteiger partial charge on any atom is -0.348 e. The lowest BCUT2D eigenvalue weighted by Crippen LogP contribution is -2.23. The zero-order chi connectivity index (χ0) is 18.8. The van der Waals surface area contributed by atoms with Crippen LogP contribution in [0.4, 0.5) is 0 Å². The number of hydrogen-bond donors (Lipinski definition) is 1. The van der Waals surface area contributed by atoms with E-state index in [1.165, 1.54) is 0 Å². The Hall–Kier alpha value is -3.25. The molecular formula is C20H16ClN5O. The summed E-state index contributed by atoms with van der Waals surface area (Å²) in [6.45, 7) is 0.381. The van der Waals surface area contributed by atoms with Gasteiger partial charge in [-0.1, -0.05) is 23.7 Å². The topological polar surface area (TPSA) is 72.7 Å². The molecule has 134 valence electrons. The van der Waals surface area contributed by atoms with Crippen LogP contribution in [0.3, 0.4) is 0 Å². The van der Waals surface area contributed by atoms with Gasteiger partial charge in [0, 0.05) is 36.6 Å². The number of halogens is 1. The molecule has 0 saturated carbocycles. The van der Waals surface area contributed by atoms with Crippen LogP contribution in [0.25, 0.3) is 22.3 Å². The van der Waals surface area contributed by atoms with Gasteiger partial charge in [-0.25, -0.2) is 4.98 Å². The van der Waals surface area contributed by atoms with E-state index >= 15 is 0 Å². The number of fused-ring (bicyclic) bond motifs is 1. The standard InChI is InChI=1S/C20H16ClN5O/c1-26-19-17(12-24-26)16(9-18(25-19)14-5-3-7-22-11-14)20(27)23-10-13-4-2-6-15(21)8-13/h2-9,11-12H,10H2,1H3,(H,23,27). The minimum absolute atomic E-state index is 0.194. The van der Waals surface area contributed by atoms with Crippen molar-refractivity contribution in [3.63, 3.8) is 0 Å². The Morgan fingerprint density at radius 2 is 2.07 bits per heavy atom. The van der Waals surface area contributed by atoms with E-state index in [1.54, 1.807) is 42.5 Å². The van der Waals surface area contributed by atoms with E-state index in [9.17, 15) is 4.79 Å². The number of amides is 1. The number of nitrogens with one attached hydrogen (secondary N) is 1. The lowest BCUT2D eigenvalue weighted by Gasteiger charge is -2.09. The van der Waals surface area contributed by atoms with Crippen LogP contribution in [0.5, 0.6) is 0 Å². The Bertz CT molecular complexity index is 1120. The molecule has 27 heavy (non-hydrogen) atoms. The molecule has 0 saturated heterocycles. The molecule has 0 aliphatic carbocycles. The van der Waals surface area contributed by atoms with Crippen molar-refractivity contribution >= 4 is 28.5 Å². The summed E-state index contributed by atoms with van der Waals surface area (Å²) in [5.41, 5.74) is 3.61. The molecule has 4 rings (SSSR count). The van der Waals surface area contributed by atoms with Crippen molar-refractivity contribution in [3.05, 3.63) is 77.2 Å². The quantitative estimate of drug-likeness (QED) is 0.589. The summed E-state index contributed by atoms with van der Waals surface area (Å²) in [4.78, 5) is 21.7. The van der Waals surface area contributed by atoms with E-state index in [2.05, 4.69) is 20.4 Å². The SMILES string of the molecule is Cn1ncc2c(C(=O)NCc3cccc(Cl)c3)cc(-c3cccnc3)nc21. The summed E-state index contributed by atoms with van der Waals surface area (Å²) < 4.78 is 1.66. The molecule has 0 aliphatic rings. The van der Waals surface area contributed by atoms with E-state index < -0.39 is 0 Å². The van der Waals surface area contributed by atoms with Gasteiger partial charge in [0.2, 0.25) is 0 Å². The first-order valence-corrected chi connectivity index (χ1v) is 8.75. The van der Waals surface area contributed by atoms with Crippen molar-refractivity contribution in [2.24, 2.45) is 7.05 Å². The monoisotopic (exact) mass is 377 g/mol. The number of pyridine rings is 2.